The Hall–Kier alpha value is -1.62. The summed E-state index contributed by atoms with van der Waals surface area (Å²) in [5.41, 5.74) is 2.25. The molecule has 0 saturated carbocycles. The molecule has 0 amide bonds. The van der Waals surface area contributed by atoms with Crippen molar-refractivity contribution in [3.63, 3.8) is 0 Å². The molecule has 0 aliphatic heterocycles. The minimum Gasteiger partial charge on any atom is -0.466 e. The Morgan fingerprint density at radius 2 is 2.12 bits per heavy atom. The number of carbonyl (C=O) groups excluding carboxylic acids is 1. The van der Waals surface area contributed by atoms with E-state index in [-0.39, 0.29) is 10.9 Å². The van der Waals surface area contributed by atoms with Gasteiger partial charge in [0, 0.05) is 25.6 Å². The van der Waals surface area contributed by atoms with Gasteiger partial charge in [-0.15, -0.1) is 0 Å². The van der Waals surface area contributed by atoms with Gasteiger partial charge in [-0.1, -0.05) is 6.07 Å². The minimum atomic E-state index is -0.276. The van der Waals surface area contributed by atoms with Gasteiger partial charge in [-0.05, 0) is 17.7 Å². The summed E-state index contributed by atoms with van der Waals surface area (Å²) in [7, 11) is 0. The second kappa shape index (κ2) is 4.49. The van der Waals surface area contributed by atoms with E-state index < -0.39 is 0 Å². The van der Waals surface area contributed by atoms with Crippen molar-refractivity contribution < 1.29 is 18.4 Å². The van der Waals surface area contributed by atoms with Crippen LogP contribution in [0.3, 0.4) is 0 Å². The average Bonchev–Trinajstić information content (AvgIpc) is 2.56. The summed E-state index contributed by atoms with van der Waals surface area (Å²) in [4.78, 5) is 10.7. The number of hydrogen-bond acceptors (Lipinski definition) is 5. The van der Waals surface area contributed by atoms with Crippen molar-refractivity contribution in [2.45, 2.75) is 13.3 Å². The van der Waals surface area contributed by atoms with Crippen molar-refractivity contribution >= 4 is 29.4 Å². The summed E-state index contributed by atoms with van der Waals surface area (Å²) >= 11 is 4.78. The predicted molar refractivity (Wildman–Crippen MR) is 59.7 cm³/mol. The van der Waals surface area contributed by atoms with E-state index in [1.54, 1.807) is 6.07 Å². The van der Waals surface area contributed by atoms with E-state index in [2.05, 4.69) is 0 Å². The smallest absolute Gasteiger partial charge is 0.363 e. The van der Waals surface area contributed by atoms with Crippen molar-refractivity contribution in [3.8, 4) is 0 Å². The highest BCUT2D eigenvalue weighted by molar-refractivity contribution is 7.71. The molecule has 16 heavy (non-hydrogen) atoms. The number of ether oxygens (including phenoxy) is 1. The average molecular weight is 238 g/mol. The third-order valence-corrected chi connectivity index (χ3v) is 2.26. The molecule has 1 heterocycles. The molecular formula is C11H10O4S. The Morgan fingerprint density at radius 3 is 2.88 bits per heavy atom. The van der Waals surface area contributed by atoms with Crippen LogP contribution in [0.1, 0.15) is 12.5 Å². The van der Waals surface area contributed by atoms with E-state index in [0.29, 0.717) is 24.2 Å². The first kappa shape index (κ1) is 10.9. The molecular weight excluding hydrogens is 228 g/mol. The van der Waals surface area contributed by atoms with Crippen LogP contribution in [0, 0.1) is 4.90 Å². The van der Waals surface area contributed by atoms with Crippen molar-refractivity contribution in [2.24, 2.45) is 0 Å². The fourth-order valence-corrected chi connectivity index (χ4v) is 1.56. The molecule has 0 aliphatic rings. The molecule has 0 saturated heterocycles. The summed E-state index contributed by atoms with van der Waals surface area (Å²) in [6.45, 7) is 1.75. The number of carbonyl (C=O) groups is 1. The van der Waals surface area contributed by atoms with Gasteiger partial charge in [-0.3, -0.25) is 4.79 Å². The summed E-state index contributed by atoms with van der Waals surface area (Å²) < 4.78 is 15.2. The molecule has 0 aliphatic carbocycles. The van der Waals surface area contributed by atoms with E-state index in [9.17, 15) is 4.79 Å². The molecule has 0 bridgehead atoms. The van der Waals surface area contributed by atoms with Crippen LogP contribution in [-0.4, -0.2) is 12.6 Å². The summed E-state index contributed by atoms with van der Waals surface area (Å²) in [6.07, 6.45) is 0.642. The summed E-state index contributed by atoms with van der Waals surface area (Å²) in [6, 6.07) is 5.51. The van der Waals surface area contributed by atoms with Crippen LogP contribution in [0.25, 0.3) is 11.2 Å². The van der Waals surface area contributed by atoms with Gasteiger partial charge in [0.05, 0.1) is 6.61 Å². The van der Waals surface area contributed by atoms with Gasteiger partial charge in [0.1, 0.15) is 0 Å². The molecule has 84 valence electrons. The molecule has 1 aromatic heterocycles. The van der Waals surface area contributed by atoms with E-state index in [4.69, 9.17) is 25.8 Å². The topological polar surface area (TPSA) is 52.6 Å². The van der Waals surface area contributed by atoms with E-state index >= 15 is 0 Å². The first-order valence-electron chi connectivity index (χ1n) is 4.81. The van der Waals surface area contributed by atoms with Crippen LogP contribution in [-0.2, 0) is 16.0 Å². The van der Waals surface area contributed by atoms with Crippen molar-refractivity contribution in [3.05, 3.63) is 28.7 Å². The third-order valence-electron chi connectivity index (χ3n) is 2.09. The van der Waals surface area contributed by atoms with Crippen LogP contribution in [0.5, 0.6) is 0 Å². The highest BCUT2D eigenvalue weighted by atomic mass is 32.1. The van der Waals surface area contributed by atoms with Gasteiger partial charge in [0.2, 0.25) is 0 Å². The highest BCUT2D eigenvalue weighted by Crippen LogP contribution is 2.18. The summed E-state index contributed by atoms with van der Waals surface area (Å²) in [5.74, 6) is -0.276. The maximum Gasteiger partial charge on any atom is 0.363 e. The van der Waals surface area contributed by atoms with Gasteiger partial charge in [-0.25, -0.2) is 0 Å². The molecule has 2 rings (SSSR count). The summed E-state index contributed by atoms with van der Waals surface area (Å²) in [5, 5.41) is 0. The van der Waals surface area contributed by atoms with E-state index in [1.165, 1.54) is 6.92 Å². The van der Waals surface area contributed by atoms with Gasteiger partial charge in [-0.2, -0.15) is 0 Å². The number of hydrogen-bond donors (Lipinski definition) is 0. The fraction of sp³-hybridized carbons (Fsp3) is 0.273. The van der Waals surface area contributed by atoms with Crippen molar-refractivity contribution in [2.75, 3.05) is 6.61 Å². The van der Waals surface area contributed by atoms with E-state index in [0.717, 1.165) is 5.56 Å². The quantitative estimate of drug-likeness (QED) is 0.608. The van der Waals surface area contributed by atoms with Crippen molar-refractivity contribution in [1.29, 1.82) is 0 Å². The Morgan fingerprint density at radius 1 is 1.38 bits per heavy atom. The molecule has 1 aromatic carbocycles. The number of benzene rings is 1. The Bertz CT molecular complexity index is 567. The van der Waals surface area contributed by atoms with Crippen LogP contribution in [0.15, 0.2) is 27.0 Å². The zero-order valence-corrected chi connectivity index (χ0v) is 9.50. The maximum absolute atomic E-state index is 10.6. The molecule has 0 N–H and O–H groups in total. The SMILES string of the molecule is CC(=O)OCCc1ccc2oc(=S)oc2c1. The second-order valence-corrected chi connectivity index (χ2v) is 3.66. The van der Waals surface area contributed by atoms with Gasteiger partial charge < -0.3 is 13.6 Å². The van der Waals surface area contributed by atoms with Crippen LogP contribution in [0.2, 0.25) is 0 Å². The fourth-order valence-electron chi connectivity index (χ4n) is 1.39. The molecule has 0 atom stereocenters. The number of rotatable bonds is 3. The van der Waals surface area contributed by atoms with Crippen LogP contribution >= 0.6 is 12.2 Å². The molecule has 0 fully saturated rings. The zero-order valence-electron chi connectivity index (χ0n) is 8.69. The zero-order chi connectivity index (χ0) is 11.5. The van der Waals surface area contributed by atoms with Gasteiger partial charge >= 0.3 is 10.9 Å². The lowest BCUT2D eigenvalue weighted by molar-refractivity contribution is -0.140. The maximum atomic E-state index is 10.6. The number of esters is 1. The Kier molecular flexibility index (Phi) is 3.05. The van der Waals surface area contributed by atoms with E-state index in [1.807, 2.05) is 12.1 Å². The van der Waals surface area contributed by atoms with Gasteiger partial charge in [0.25, 0.3) is 0 Å². The predicted octanol–water partition coefficient (Wildman–Crippen LogP) is 2.86. The van der Waals surface area contributed by atoms with Crippen LogP contribution < -0.4 is 0 Å². The second-order valence-electron chi connectivity index (χ2n) is 3.33. The standard InChI is InChI=1S/C11H10O4S/c1-7(12)13-5-4-8-2-3-9-10(6-8)15-11(16)14-9/h2-3,6H,4-5H2,1H3. The third kappa shape index (κ3) is 2.49. The minimum absolute atomic E-state index is 0.118. The lowest BCUT2D eigenvalue weighted by atomic mass is 10.1. The molecule has 2 aromatic rings. The molecule has 5 heteroatoms. The largest absolute Gasteiger partial charge is 0.466 e. The normalized spacial score (nSPS) is 10.6. The molecule has 0 spiro atoms. The molecule has 4 nitrogen and oxygen atoms in total. The lowest BCUT2D eigenvalue weighted by Gasteiger charge is -2.01. The van der Waals surface area contributed by atoms with Gasteiger partial charge in [0.15, 0.2) is 11.2 Å². The number of fused-ring (bicyclic) bond motifs is 1. The first-order valence-corrected chi connectivity index (χ1v) is 5.22. The monoisotopic (exact) mass is 238 g/mol. The molecule has 0 radical (unpaired) electrons. The Balaban J connectivity index is 2.13. The highest BCUT2D eigenvalue weighted by Gasteiger charge is 2.03. The first-order chi connectivity index (χ1) is 7.65. The molecule has 0 unspecified atom stereocenters. The van der Waals surface area contributed by atoms with Crippen molar-refractivity contribution in [1.82, 2.24) is 0 Å². The lowest BCUT2D eigenvalue weighted by Crippen LogP contribution is -2.02. The Labute approximate surface area is 96.8 Å². The van der Waals surface area contributed by atoms with Crippen LogP contribution in [0.4, 0.5) is 0 Å².